The van der Waals surface area contributed by atoms with E-state index in [4.69, 9.17) is 57.3 Å². The van der Waals surface area contributed by atoms with E-state index in [9.17, 15) is 0 Å². The molecule has 0 aliphatic carbocycles. The van der Waals surface area contributed by atoms with Crippen LogP contribution >= 0.6 is 0 Å². The first-order valence-electron chi connectivity index (χ1n) is 19.0. The zero-order valence-corrected chi connectivity index (χ0v) is 32.0. The van der Waals surface area contributed by atoms with Crippen molar-refractivity contribution >= 4 is 0 Å². The van der Waals surface area contributed by atoms with Crippen molar-refractivity contribution in [3.05, 3.63) is 110 Å². The Kier molecular flexibility index (Phi) is 25.2. The molecule has 3 rings (SSSR count). The summed E-state index contributed by atoms with van der Waals surface area (Å²) in [4.78, 5) is 9.78. The van der Waals surface area contributed by atoms with Crippen LogP contribution in [0.3, 0.4) is 0 Å². The maximum absolute atomic E-state index is 6.15. The predicted octanol–water partition coefficient (Wildman–Crippen LogP) is 6.83. The van der Waals surface area contributed by atoms with Crippen LogP contribution in [0, 0.1) is 0 Å². The minimum Gasteiger partial charge on any atom is -0.377 e. The lowest BCUT2D eigenvalue weighted by Crippen LogP contribution is -2.17. The van der Waals surface area contributed by atoms with E-state index in [0.29, 0.717) is 131 Å². The molecular weight excluding hydrogens is 692 g/mol. The van der Waals surface area contributed by atoms with Crippen LogP contribution in [0.2, 0.25) is 0 Å². The second-order valence-electron chi connectivity index (χ2n) is 12.2. The summed E-state index contributed by atoms with van der Waals surface area (Å²) in [5, 5.41) is 0. The SMILES string of the molecule is C=CCC1OCCOCCOCCOCCOC(CC=C)c2cccc(n2)C(CC=C)OCCOCCOCCOCCOC(CC=C)c2cccc1n2. The van der Waals surface area contributed by atoms with E-state index in [-0.39, 0.29) is 24.4 Å². The van der Waals surface area contributed by atoms with Gasteiger partial charge in [0.1, 0.15) is 24.4 Å². The summed E-state index contributed by atoms with van der Waals surface area (Å²) in [5.41, 5.74) is 3.24. The Balaban J connectivity index is 1.54. The molecule has 4 bridgehead atoms. The minimum atomic E-state index is -0.255. The van der Waals surface area contributed by atoms with Gasteiger partial charge in [-0.05, 0) is 49.9 Å². The van der Waals surface area contributed by atoms with Gasteiger partial charge in [-0.3, -0.25) is 9.97 Å². The van der Waals surface area contributed by atoms with Crippen molar-refractivity contribution in [3.8, 4) is 0 Å². The van der Waals surface area contributed by atoms with Gasteiger partial charge in [0.2, 0.25) is 0 Å². The normalized spacial score (nSPS) is 23.7. The van der Waals surface area contributed by atoms with Crippen LogP contribution in [0.4, 0.5) is 0 Å². The molecule has 0 fully saturated rings. The van der Waals surface area contributed by atoms with Gasteiger partial charge in [-0.2, -0.15) is 0 Å². The number of fused-ring (bicyclic) bond motifs is 4. The molecule has 0 saturated carbocycles. The van der Waals surface area contributed by atoms with Gasteiger partial charge in [0, 0.05) is 0 Å². The Morgan fingerprint density at radius 1 is 0.370 bits per heavy atom. The van der Waals surface area contributed by atoms with Crippen molar-refractivity contribution in [2.24, 2.45) is 0 Å². The molecule has 3 heterocycles. The van der Waals surface area contributed by atoms with Crippen LogP contribution < -0.4 is 0 Å². The smallest absolute Gasteiger partial charge is 0.103 e. The van der Waals surface area contributed by atoms with Crippen molar-refractivity contribution < 1.29 is 47.4 Å². The predicted molar refractivity (Wildman–Crippen MR) is 207 cm³/mol. The number of nitrogens with zero attached hydrogens (tertiary/aromatic N) is 2. The second kappa shape index (κ2) is 30.1. The molecule has 54 heavy (non-hydrogen) atoms. The quantitative estimate of drug-likeness (QED) is 0.263. The second-order valence-corrected chi connectivity index (χ2v) is 12.2. The van der Waals surface area contributed by atoms with Crippen LogP contribution in [0.25, 0.3) is 0 Å². The van der Waals surface area contributed by atoms with E-state index in [1.807, 2.05) is 60.7 Å². The van der Waals surface area contributed by atoms with Gasteiger partial charge in [0.15, 0.2) is 0 Å². The average Bonchev–Trinajstić information content (AvgIpc) is 3.19. The Labute approximate surface area is 322 Å². The molecule has 0 N–H and O–H groups in total. The first-order chi connectivity index (χ1) is 26.7. The molecule has 2 aromatic rings. The summed E-state index contributed by atoms with van der Waals surface area (Å²) in [6.45, 7) is 22.6. The lowest BCUT2D eigenvalue weighted by atomic mass is 10.1. The lowest BCUT2D eigenvalue weighted by molar-refractivity contribution is -0.0321. The Hall–Kier alpha value is -3.14. The van der Waals surface area contributed by atoms with Gasteiger partial charge in [0.25, 0.3) is 0 Å². The fourth-order valence-electron chi connectivity index (χ4n) is 5.44. The molecule has 1 aliphatic rings. The molecule has 12 heteroatoms. The molecule has 0 amide bonds. The number of aromatic nitrogens is 2. The summed E-state index contributed by atoms with van der Waals surface area (Å²) >= 11 is 0. The van der Waals surface area contributed by atoms with Gasteiger partial charge in [-0.15, -0.1) is 26.3 Å². The largest absolute Gasteiger partial charge is 0.377 e. The molecule has 300 valence electrons. The average molecular weight is 755 g/mol. The highest BCUT2D eigenvalue weighted by Gasteiger charge is 2.19. The molecule has 0 aromatic carbocycles. The number of rotatable bonds is 8. The number of ether oxygens (including phenoxy) is 10. The van der Waals surface area contributed by atoms with Crippen LogP contribution in [0.5, 0.6) is 0 Å². The third-order valence-corrected chi connectivity index (χ3v) is 8.10. The van der Waals surface area contributed by atoms with Crippen molar-refractivity contribution in [3.63, 3.8) is 0 Å². The van der Waals surface area contributed by atoms with Crippen molar-refractivity contribution in [2.45, 2.75) is 50.1 Å². The Morgan fingerprint density at radius 3 is 0.778 bits per heavy atom. The lowest BCUT2D eigenvalue weighted by Gasteiger charge is -2.20. The van der Waals surface area contributed by atoms with Gasteiger partial charge in [-0.25, -0.2) is 0 Å². The van der Waals surface area contributed by atoms with E-state index < -0.39 is 0 Å². The highest BCUT2D eigenvalue weighted by atomic mass is 16.6. The number of pyridine rings is 2. The highest BCUT2D eigenvalue weighted by molar-refractivity contribution is 5.18. The topological polar surface area (TPSA) is 118 Å². The first kappa shape index (κ1) is 45.3. The van der Waals surface area contributed by atoms with E-state index in [2.05, 4.69) is 26.3 Å². The van der Waals surface area contributed by atoms with Gasteiger partial charge in [0.05, 0.1) is 128 Å². The van der Waals surface area contributed by atoms with E-state index in [1.165, 1.54) is 0 Å². The summed E-state index contributed by atoms with van der Waals surface area (Å²) < 4.78 is 58.9. The molecule has 4 atom stereocenters. The third kappa shape index (κ3) is 18.9. The maximum Gasteiger partial charge on any atom is 0.103 e. The van der Waals surface area contributed by atoms with Crippen molar-refractivity contribution in [1.82, 2.24) is 9.97 Å². The fraction of sp³-hybridized carbons (Fsp3) is 0.571. The highest BCUT2D eigenvalue weighted by Crippen LogP contribution is 2.26. The fourth-order valence-corrected chi connectivity index (χ4v) is 5.44. The van der Waals surface area contributed by atoms with Crippen LogP contribution in [0.1, 0.15) is 72.9 Å². The molecule has 1 aliphatic heterocycles. The Morgan fingerprint density at radius 2 is 0.574 bits per heavy atom. The van der Waals surface area contributed by atoms with Crippen LogP contribution in [0.15, 0.2) is 87.0 Å². The monoisotopic (exact) mass is 754 g/mol. The molecular formula is C42H62N2O10. The summed E-state index contributed by atoms with van der Waals surface area (Å²) in [6.07, 6.45) is 8.76. The molecule has 12 nitrogen and oxygen atoms in total. The molecule has 0 spiro atoms. The van der Waals surface area contributed by atoms with E-state index >= 15 is 0 Å². The minimum absolute atomic E-state index is 0.255. The maximum atomic E-state index is 6.15. The van der Waals surface area contributed by atoms with Gasteiger partial charge >= 0.3 is 0 Å². The van der Waals surface area contributed by atoms with Crippen molar-refractivity contribution in [2.75, 3.05) is 106 Å². The molecule has 0 radical (unpaired) electrons. The standard InChI is InChI=1S/C42H62N2O10/c1-5-11-39-35-15-9-16-36(43-35)40(12-6-2)52-32-28-48-25-21-46-22-26-50-30-34-54-42(14-8-4)38-18-10-17-37(44-38)41(13-7-3)53-33-29-49-24-20-45-19-23-47-27-31-51-39/h5-10,15-18,39-42H,1-4,11-14,19-34H2. The first-order valence-corrected chi connectivity index (χ1v) is 19.0. The zero-order valence-electron chi connectivity index (χ0n) is 32.0. The molecule has 2 aromatic heterocycles. The third-order valence-electron chi connectivity index (χ3n) is 8.10. The zero-order chi connectivity index (χ0) is 38.3. The van der Waals surface area contributed by atoms with Gasteiger partial charge < -0.3 is 47.4 Å². The Bertz CT molecular complexity index is 1110. The summed E-state index contributed by atoms with van der Waals surface area (Å²) in [5.74, 6) is 0. The number of hydrogen-bond acceptors (Lipinski definition) is 12. The van der Waals surface area contributed by atoms with E-state index in [1.54, 1.807) is 0 Å². The van der Waals surface area contributed by atoms with Crippen LogP contribution in [-0.2, 0) is 47.4 Å². The van der Waals surface area contributed by atoms with E-state index in [0.717, 1.165) is 22.8 Å². The van der Waals surface area contributed by atoms with Crippen LogP contribution in [-0.4, -0.2) is 116 Å². The van der Waals surface area contributed by atoms with Gasteiger partial charge in [-0.1, -0.05) is 36.4 Å². The molecule has 4 unspecified atom stereocenters. The summed E-state index contributed by atoms with van der Waals surface area (Å²) in [7, 11) is 0. The molecule has 0 saturated heterocycles. The summed E-state index contributed by atoms with van der Waals surface area (Å²) in [6, 6.07) is 11.8. The van der Waals surface area contributed by atoms with Crippen molar-refractivity contribution in [1.29, 1.82) is 0 Å². The number of hydrogen-bond donors (Lipinski definition) is 0.